The summed E-state index contributed by atoms with van der Waals surface area (Å²) in [7, 11) is 0. The molecule has 0 rings (SSSR count). The van der Waals surface area contributed by atoms with Gasteiger partial charge in [0.05, 0.1) is 0 Å². The van der Waals surface area contributed by atoms with Gasteiger partial charge in [-0.1, -0.05) is 0 Å². The van der Waals surface area contributed by atoms with E-state index in [1.165, 1.54) is 0 Å². The van der Waals surface area contributed by atoms with Gasteiger partial charge < -0.3 is 0 Å². The number of carbonyl (C=O) groups is 2. The first-order valence-corrected chi connectivity index (χ1v) is 10.1. The Hall–Kier alpha value is -0.841. The second-order valence-corrected chi connectivity index (χ2v) is 7.92. The fourth-order valence-corrected chi connectivity index (χ4v) is 3.81. The third-order valence-corrected chi connectivity index (χ3v) is 5.74. The molecule has 0 saturated carbocycles. The summed E-state index contributed by atoms with van der Waals surface area (Å²) in [6.07, 6.45) is 3.09. The first kappa shape index (κ1) is 23.2. The molecule has 0 heterocycles. The number of carbonyl (C=O) groups excluding carboxylic acids is 2. The number of hydrogen-bond donors (Lipinski definition) is 0. The second kappa shape index (κ2) is 13.5. The number of ether oxygens (including phenoxy) is 2. The fourth-order valence-electron chi connectivity index (χ4n) is 1.90. The Balaban J connectivity index is 4.90. The molecular weight excluding hydrogens is 391 g/mol. The molecule has 0 aliphatic rings. The zero-order chi connectivity index (χ0) is 18.5. The number of rotatable bonds is 13. The minimum atomic E-state index is -0.393. The Bertz CT molecular complexity index is 442. The van der Waals surface area contributed by atoms with E-state index in [-0.39, 0.29) is 5.92 Å². The van der Waals surface area contributed by atoms with Gasteiger partial charge in [-0.3, -0.25) is 0 Å². The fraction of sp³-hybridized carbons (Fsp3) is 0.611. The Labute approximate surface area is 157 Å². The van der Waals surface area contributed by atoms with Crippen molar-refractivity contribution in [3.8, 4) is 0 Å². The molecule has 0 aromatic rings. The molecule has 0 amide bonds. The van der Waals surface area contributed by atoms with Crippen LogP contribution < -0.4 is 0 Å². The van der Waals surface area contributed by atoms with Gasteiger partial charge in [0.2, 0.25) is 0 Å². The van der Waals surface area contributed by atoms with Crippen molar-refractivity contribution in [2.45, 2.75) is 46.5 Å². The minimum absolute atomic E-state index is 0.0410. The molecule has 0 aromatic carbocycles. The van der Waals surface area contributed by atoms with Gasteiger partial charge in [-0.05, 0) is 0 Å². The summed E-state index contributed by atoms with van der Waals surface area (Å²) >= 11 is 4.80. The van der Waals surface area contributed by atoms with E-state index in [0.29, 0.717) is 37.2 Å². The number of unbranched alkanes of at least 4 members (excludes halogenated alkanes) is 1. The first-order valence-electron chi connectivity index (χ1n) is 8.23. The predicted octanol–water partition coefficient (Wildman–Crippen LogP) is 3.45. The zero-order valence-electron chi connectivity index (χ0n) is 14.9. The average Bonchev–Trinajstić information content (AvgIpc) is 2.54. The van der Waals surface area contributed by atoms with Crippen molar-refractivity contribution in [3.05, 3.63) is 24.3 Å². The molecule has 24 heavy (non-hydrogen) atoms. The standard InChI is InChI=1S/C18H28O4SSe/c1-6-9-10-23-18(24)15(11-13(4)16(19)21-7-2)12-14(5)17(20)22-8-3/h15H,4-12H2,1-3H3. The predicted molar refractivity (Wildman–Crippen MR) is 102 cm³/mol. The molecule has 0 aromatic heterocycles. The summed E-state index contributed by atoms with van der Waals surface area (Å²) < 4.78 is 11.0. The molecule has 0 saturated heterocycles. The Morgan fingerprint density at radius 1 is 1.00 bits per heavy atom. The van der Waals surface area contributed by atoms with E-state index in [2.05, 4.69) is 35.7 Å². The van der Waals surface area contributed by atoms with Crippen molar-refractivity contribution in [3.63, 3.8) is 0 Å². The third-order valence-electron chi connectivity index (χ3n) is 3.19. The summed E-state index contributed by atoms with van der Waals surface area (Å²) in [5, 5.41) is 0. The van der Waals surface area contributed by atoms with E-state index < -0.39 is 11.9 Å². The molecule has 0 aliphatic heterocycles. The van der Waals surface area contributed by atoms with Crippen molar-refractivity contribution in [2.75, 3.05) is 19.0 Å². The van der Waals surface area contributed by atoms with Gasteiger partial charge in [-0.25, -0.2) is 0 Å². The number of esters is 2. The molecule has 0 atom stereocenters. The summed E-state index contributed by atoms with van der Waals surface area (Å²) in [4.78, 5) is 23.6. The van der Waals surface area contributed by atoms with Gasteiger partial charge in [-0.15, -0.1) is 0 Å². The topological polar surface area (TPSA) is 52.6 Å². The van der Waals surface area contributed by atoms with Crippen LogP contribution in [0.25, 0.3) is 0 Å². The summed E-state index contributed by atoms with van der Waals surface area (Å²) in [5.41, 5.74) is 0.810. The van der Waals surface area contributed by atoms with E-state index >= 15 is 0 Å². The van der Waals surface area contributed by atoms with E-state index in [1.807, 2.05) is 0 Å². The van der Waals surface area contributed by atoms with Crippen LogP contribution >= 0.6 is 11.8 Å². The van der Waals surface area contributed by atoms with Gasteiger partial charge >= 0.3 is 158 Å². The van der Waals surface area contributed by atoms with Gasteiger partial charge in [-0.2, -0.15) is 0 Å². The van der Waals surface area contributed by atoms with E-state index in [0.717, 1.165) is 22.3 Å². The van der Waals surface area contributed by atoms with Crippen LogP contribution in [0.4, 0.5) is 0 Å². The molecule has 0 spiro atoms. The van der Waals surface area contributed by atoms with Crippen molar-refractivity contribution < 1.29 is 19.1 Å². The molecular formula is C18H28O4SSe. The Kier molecular flexibility index (Phi) is 13.0. The maximum absolute atomic E-state index is 11.8. The molecule has 0 aliphatic carbocycles. The molecule has 0 radical (unpaired) electrons. The summed E-state index contributed by atoms with van der Waals surface area (Å²) in [5.74, 6) is 0.166. The summed E-state index contributed by atoms with van der Waals surface area (Å²) in [6, 6.07) is 0. The molecule has 0 fully saturated rings. The van der Waals surface area contributed by atoms with E-state index in [9.17, 15) is 9.59 Å². The van der Waals surface area contributed by atoms with E-state index in [4.69, 9.17) is 9.47 Å². The van der Waals surface area contributed by atoms with Crippen molar-refractivity contribution in [1.82, 2.24) is 0 Å². The zero-order valence-corrected chi connectivity index (χ0v) is 17.4. The molecule has 4 nitrogen and oxygen atoms in total. The van der Waals surface area contributed by atoms with Crippen molar-refractivity contribution in [1.29, 1.82) is 0 Å². The van der Waals surface area contributed by atoms with Crippen LogP contribution in [0.1, 0.15) is 46.5 Å². The van der Waals surface area contributed by atoms with Crippen LogP contribution in [0.5, 0.6) is 0 Å². The normalized spacial score (nSPS) is 10.3. The van der Waals surface area contributed by atoms with Crippen LogP contribution in [-0.2, 0) is 19.1 Å². The van der Waals surface area contributed by atoms with Crippen LogP contribution in [0.2, 0.25) is 0 Å². The van der Waals surface area contributed by atoms with Gasteiger partial charge in [0, 0.05) is 0 Å². The third kappa shape index (κ3) is 9.45. The quantitative estimate of drug-likeness (QED) is 0.198. The first-order chi connectivity index (χ1) is 11.4. The van der Waals surface area contributed by atoms with Crippen LogP contribution in [0, 0.1) is 5.92 Å². The molecule has 0 bridgehead atoms. The van der Waals surface area contributed by atoms with Crippen LogP contribution in [0.3, 0.4) is 0 Å². The Morgan fingerprint density at radius 2 is 1.46 bits per heavy atom. The Morgan fingerprint density at radius 3 is 1.83 bits per heavy atom. The van der Waals surface area contributed by atoms with Crippen molar-refractivity contribution in [2.24, 2.45) is 5.92 Å². The number of hydrogen-bond acceptors (Lipinski definition) is 5. The van der Waals surface area contributed by atoms with Crippen LogP contribution in [0.15, 0.2) is 24.3 Å². The van der Waals surface area contributed by atoms with Gasteiger partial charge in [0.1, 0.15) is 0 Å². The van der Waals surface area contributed by atoms with Gasteiger partial charge in [0.15, 0.2) is 0 Å². The van der Waals surface area contributed by atoms with Gasteiger partial charge in [0.25, 0.3) is 0 Å². The average molecular weight is 419 g/mol. The van der Waals surface area contributed by atoms with Crippen molar-refractivity contribution >= 4 is 43.0 Å². The molecule has 6 heteroatoms. The van der Waals surface area contributed by atoms with E-state index in [1.54, 1.807) is 25.6 Å². The monoisotopic (exact) mass is 420 g/mol. The summed E-state index contributed by atoms with van der Waals surface area (Å²) in [6.45, 7) is 13.9. The molecule has 0 N–H and O–H groups in total. The van der Waals surface area contributed by atoms with Crippen LogP contribution in [-0.4, -0.2) is 50.2 Å². The molecule has 136 valence electrons. The molecule has 0 unspecified atom stereocenters. The second-order valence-electron chi connectivity index (χ2n) is 5.27. The SMILES string of the molecule is C=C(CC(CC(=C)C(=O)OCC)C(=[Se])SCCCC)C(=O)OCC. The number of thioether (sulfide) groups is 1. The maximum atomic E-state index is 11.8.